The summed E-state index contributed by atoms with van der Waals surface area (Å²) in [5, 5.41) is 14.4. The largest absolute Gasteiger partial charge is 0.404 e. The van der Waals surface area contributed by atoms with E-state index in [1.165, 1.54) is 12.3 Å². The van der Waals surface area contributed by atoms with Gasteiger partial charge in [-0.15, -0.1) is 0 Å². The minimum Gasteiger partial charge on any atom is -0.404 e. The molecule has 2 aromatic heterocycles. The van der Waals surface area contributed by atoms with E-state index in [1.807, 2.05) is 41.2 Å². The van der Waals surface area contributed by atoms with Gasteiger partial charge in [0, 0.05) is 60.1 Å². The van der Waals surface area contributed by atoms with Crippen molar-refractivity contribution < 1.29 is 4.79 Å². The summed E-state index contributed by atoms with van der Waals surface area (Å²) in [5.74, 6) is -0.261. The number of aromatic nitrogens is 3. The highest BCUT2D eigenvalue weighted by Crippen LogP contribution is 2.17. The van der Waals surface area contributed by atoms with Crippen LogP contribution < -0.4 is 11.1 Å². The van der Waals surface area contributed by atoms with Crippen molar-refractivity contribution in [1.29, 1.82) is 5.41 Å². The van der Waals surface area contributed by atoms with Gasteiger partial charge in [0.2, 0.25) is 5.91 Å². The lowest BCUT2D eigenvalue weighted by atomic mass is 10.0. The highest BCUT2D eigenvalue weighted by Gasteiger charge is 2.05. The lowest BCUT2D eigenvalue weighted by Gasteiger charge is -2.06. The molecule has 28 heavy (non-hydrogen) atoms. The molecule has 0 spiro atoms. The van der Waals surface area contributed by atoms with Gasteiger partial charge in [-0.1, -0.05) is 12.1 Å². The summed E-state index contributed by atoms with van der Waals surface area (Å²) < 4.78 is 1.83. The van der Waals surface area contributed by atoms with Gasteiger partial charge in [-0.25, -0.2) is 0 Å². The van der Waals surface area contributed by atoms with E-state index < -0.39 is 0 Å². The second-order valence-electron chi connectivity index (χ2n) is 5.95. The molecular weight excluding hydrogens is 352 g/mol. The van der Waals surface area contributed by atoms with E-state index in [0.29, 0.717) is 23.4 Å². The summed E-state index contributed by atoms with van der Waals surface area (Å²) in [7, 11) is 0. The fourth-order valence-corrected chi connectivity index (χ4v) is 2.64. The average molecular weight is 372 g/mol. The Morgan fingerprint density at radius 1 is 1.21 bits per heavy atom. The fourth-order valence-electron chi connectivity index (χ4n) is 2.64. The zero-order chi connectivity index (χ0) is 19.8. The van der Waals surface area contributed by atoms with E-state index in [4.69, 9.17) is 11.1 Å². The summed E-state index contributed by atoms with van der Waals surface area (Å²) >= 11 is 0. The SMILES string of the molecule is N=CC(=CN)c1ccncc1/C=C/C(=O)Nc1ccc(Cn2cccn2)cc1. The van der Waals surface area contributed by atoms with E-state index in [9.17, 15) is 4.79 Å². The molecule has 0 aliphatic carbocycles. The number of hydrogen-bond acceptors (Lipinski definition) is 5. The first-order chi connectivity index (χ1) is 13.7. The zero-order valence-electron chi connectivity index (χ0n) is 15.1. The Balaban J connectivity index is 1.65. The van der Waals surface area contributed by atoms with E-state index in [-0.39, 0.29) is 5.91 Å². The molecule has 140 valence electrons. The zero-order valence-corrected chi connectivity index (χ0v) is 15.1. The Hall–Kier alpha value is -4.00. The lowest BCUT2D eigenvalue weighted by molar-refractivity contribution is -0.111. The molecule has 0 saturated heterocycles. The summed E-state index contributed by atoms with van der Waals surface area (Å²) in [5.41, 5.74) is 9.33. The number of anilines is 1. The second kappa shape index (κ2) is 9.09. The third-order valence-corrected chi connectivity index (χ3v) is 4.04. The lowest BCUT2D eigenvalue weighted by Crippen LogP contribution is -2.08. The maximum atomic E-state index is 12.2. The molecule has 1 amide bonds. The fraction of sp³-hybridized carbons (Fsp3) is 0.0476. The highest BCUT2D eigenvalue weighted by atomic mass is 16.1. The van der Waals surface area contributed by atoms with Gasteiger partial charge >= 0.3 is 0 Å². The van der Waals surface area contributed by atoms with Crippen LogP contribution in [0.4, 0.5) is 5.69 Å². The summed E-state index contributed by atoms with van der Waals surface area (Å²) in [6.07, 6.45) is 12.5. The van der Waals surface area contributed by atoms with Crippen molar-refractivity contribution in [2.75, 3.05) is 5.32 Å². The summed E-state index contributed by atoms with van der Waals surface area (Å²) in [6.45, 7) is 0.676. The van der Waals surface area contributed by atoms with Gasteiger partial charge in [-0.05, 0) is 41.5 Å². The van der Waals surface area contributed by atoms with E-state index in [0.717, 1.165) is 17.3 Å². The molecule has 7 nitrogen and oxygen atoms in total. The van der Waals surface area contributed by atoms with Crippen LogP contribution >= 0.6 is 0 Å². The molecular formula is C21H20N6O. The predicted molar refractivity (Wildman–Crippen MR) is 111 cm³/mol. The Morgan fingerprint density at radius 2 is 2.04 bits per heavy atom. The number of amides is 1. The number of nitrogens with two attached hydrogens (primary N) is 1. The molecule has 0 aliphatic heterocycles. The molecule has 0 aliphatic rings. The Kier molecular flexibility index (Phi) is 6.10. The average Bonchev–Trinajstić information content (AvgIpc) is 3.23. The van der Waals surface area contributed by atoms with Gasteiger partial charge in [0.1, 0.15) is 0 Å². The first-order valence-corrected chi connectivity index (χ1v) is 8.62. The van der Waals surface area contributed by atoms with E-state index in [1.54, 1.807) is 30.7 Å². The molecule has 0 bridgehead atoms. The summed E-state index contributed by atoms with van der Waals surface area (Å²) in [4.78, 5) is 16.3. The Bertz CT molecular complexity index is 1000. The molecule has 3 rings (SSSR count). The minimum absolute atomic E-state index is 0.261. The van der Waals surface area contributed by atoms with Crippen LogP contribution in [0.1, 0.15) is 16.7 Å². The Labute approximate surface area is 162 Å². The van der Waals surface area contributed by atoms with Crippen molar-refractivity contribution in [2.24, 2.45) is 5.73 Å². The maximum Gasteiger partial charge on any atom is 0.248 e. The smallest absolute Gasteiger partial charge is 0.248 e. The predicted octanol–water partition coefficient (Wildman–Crippen LogP) is 2.93. The molecule has 2 heterocycles. The van der Waals surface area contributed by atoms with Crippen LogP contribution in [-0.2, 0) is 11.3 Å². The van der Waals surface area contributed by atoms with Gasteiger partial charge in [0.15, 0.2) is 0 Å². The molecule has 0 radical (unpaired) electrons. The van der Waals surface area contributed by atoms with Crippen molar-refractivity contribution in [3.63, 3.8) is 0 Å². The maximum absolute atomic E-state index is 12.2. The first kappa shape index (κ1) is 18.8. The van der Waals surface area contributed by atoms with Crippen molar-refractivity contribution in [2.45, 2.75) is 6.54 Å². The van der Waals surface area contributed by atoms with Crippen LogP contribution in [0, 0.1) is 5.41 Å². The monoisotopic (exact) mass is 372 g/mol. The van der Waals surface area contributed by atoms with E-state index >= 15 is 0 Å². The molecule has 0 atom stereocenters. The van der Waals surface area contributed by atoms with E-state index in [2.05, 4.69) is 15.4 Å². The van der Waals surface area contributed by atoms with Gasteiger partial charge in [-0.2, -0.15) is 5.10 Å². The van der Waals surface area contributed by atoms with Gasteiger partial charge in [0.25, 0.3) is 0 Å². The minimum atomic E-state index is -0.261. The molecule has 0 fully saturated rings. The standard InChI is InChI=1S/C21H20N6O/c22-12-18(13-23)20-8-10-24-14-17(20)4-7-21(28)26-19-5-2-16(3-6-19)15-27-11-1-9-25-27/h1-14,22H,15,23H2,(H,26,28)/b7-4+,18-13?,22-12?. The number of pyridine rings is 1. The number of benzene rings is 1. The molecule has 0 saturated carbocycles. The third-order valence-electron chi connectivity index (χ3n) is 4.04. The van der Waals surface area contributed by atoms with Gasteiger partial charge in [0.05, 0.1) is 6.54 Å². The molecule has 3 aromatic rings. The number of allylic oxidation sites excluding steroid dienone is 1. The number of carbonyl (C=O) groups excluding carboxylic acids is 1. The van der Waals surface area contributed by atoms with Crippen molar-refractivity contribution in [1.82, 2.24) is 14.8 Å². The van der Waals surface area contributed by atoms with Gasteiger partial charge < -0.3 is 16.5 Å². The van der Waals surface area contributed by atoms with Gasteiger partial charge in [-0.3, -0.25) is 14.5 Å². The number of carbonyl (C=O) groups is 1. The molecule has 7 heteroatoms. The Morgan fingerprint density at radius 3 is 2.71 bits per heavy atom. The van der Waals surface area contributed by atoms with Crippen LogP contribution in [0.3, 0.4) is 0 Å². The number of hydrogen-bond donors (Lipinski definition) is 3. The highest BCUT2D eigenvalue weighted by molar-refractivity contribution is 6.10. The van der Waals surface area contributed by atoms with Crippen molar-refractivity contribution >= 4 is 29.5 Å². The van der Waals surface area contributed by atoms with Crippen LogP contribution in [0.25, 0.3) is 11.6 Å². The normalized spacial score (nSPS) is 11.5. The third kappa shape index (κ3) is 4.79. The topological polar surface area (TPSA) is 110 Å². The van der Waals surface area contributed by atoms with Crippen LogP contribution in [-0.4, -0.2) is 26.9 Å². The molecule has 0 unspecified atom stereocenters. The van der Waals surface area contributed by atoms with Crippen LogP contribution in [0.15, 0.2) is 73.5 Å². The van der Waals surface area contributed by atoms with Crippen LogP contribution in [0.5, 0.6) is 0 Å². The molecule has 4 N–H and O–H groups in total. The molecule has 1 aromatic carbocycles. The number of rotatable bonds is 7. The summed E-state index contributed by atoms with van der Waals surface area (Å²) in [6, 6.07) is 11.2. The second-order valence-corrected chi connectivity index (χ2v) is 5.95. The number of nitrogens with zero attached hydrogens (tertiary/aromatic N) is 3. The van der Waals surface area contributed by atoms with Crippen molar-refractivity contribution in [3.05, 3.63) is 90.2 Å². The van der Waals surface area contributed by atoms with Crippen LogP contribution in [0.2, 0.25) is 0 Å². The van der Waals surface area contributed by atoms with Crippen molar-refractivity contribution in [3.8, 4) is 0 Å². The first-order valence-electron chi connectivity index (χ1n) is 8.62. The quantitative estimate of drug-likeness (QED) is 0.437. The number of nitrogens with one attached hydrogen (secondary N) is 2.